The van der Waals surface area contributed by atoms with Crippen molar-refractivity contribution in [3.05, 3.63) is 51.6 Å². The second-order valence-corrected chi connectivity index (χ2v) is 5.35. The van der Waals surface area contributed by atoms with Gasteiger partial charge in [0.15, 0.2) is 0 Å². The fourth-order valence-corrected chi connectivity index (χ4v) is 2.66. The summed E-state index contributed by atoms with van der Waals surface area (Å²) in [5.74, 6) is -1.08. The number of hydrogen-bond acceptors (Lipinski definition) is 1. The number of hydrogen-bond donors (Lipinski definition) is 1. The van der Waals surface area contributed by atoms with E-state index >= 15 is 0 Å². The van der Waals surface area contributed by atoms with Gasteiger partial charge in [-0.2, -0.15) is 0 Å². The maximum absolute atomic E-state index is 14.2. The van der Waals surface area contributed by atoms with Crippen molar-refractivity contribution in [1.29, 1.82) is 0 Å². The lowest BCUT2D eigenvalue weighted by Crippen LogP contribution is -2.02. The molecule has 0 spiro atoms. The molecule has 3 heteroatoms. The zero-order valence-corrected chi connectivity index (χ0v) is 12.5. The summed E-state index contributed by atoms with van der Waals surface area (Å²) in [7, 11) is 0. The molecule has 20 heavy (non-hydrogen) atoms. The molecule has 1 nitrogen and oxygen atoms in total. The van der Waals surface area contributed by atoms with E-state index < -0.39 is 11.6 Å². The summed E-state index contributed by atoms with van der Waals surface area (Å²) in [5, 5.41) is 0. The van der Waals surface area contributed by atoms with Crippen LogP contribution >= 0.6 is 0 Å². The Morgan fingerprint density at radius 2 is 1.15 bits per heavy atom. The molecule has 0 bridgehead atoms. The lowest BCUT2D eigenvalue weighted by atomic mass is 9.86. The first-order valence-electron chi connectivity index (χ1n) is 6.57. The SMILES string of the molecule is Cc1c(C)c(C)c(-c2cc(F)c(N)cc2F)c(C)c1C. The maximum atomic E-state index is 14.2. The molecule has 0 amide bonds. The predicted molar refractivity (Wildman–Crippen MR) is 79.9 cm³/mol. The van der Waals surface area contributed by atoms with Gasteiger partial charge in [0.1, 0.15) is 11.6 Å². The van der Waals surface area contributed by atoms with Gasteiger partial charge in [0.05, 0.1) is 5.69 Å². The van der Waals surface area contributed by atoms with Crippen molar-refractivity contribution in [1.82, 2.24) is 0 Å². The number of anilines is 1. The third-order valence-electron chi connectivity index (χ3n) is 4.36. The Kier molecular flexibility index (Phi) is 3.55. The van der Waals surface area contributed by atoms with Crippen molar-refractivity contribution in [3.8, 4) is 11.1 Å². The molecule has 0 saturated carbocycles. The fourth-order valence-electron chi connectivity index (χ4n) is 2.66. The molecule has 2 aromatic rings. The van der Waals surface area contributed by atoms with E-state index in [1.54, 1.807) is 0 Å². The molecule has 0 atom stereocenters. The van der Waals surface area contributed by atoms with Crippen molar-refractivity contribution >= 4 is 5.69 Å². The number of halogens is 2. The van der Waals surface area contributed by atoms with Crippen molar-refractivity contribution in [2.75, 3.05) is 5.73 Å². The second-order valence-electron chi connectivity index (χ2n) is 5.35. The van der Waals surface area contributed by atoms with Crippen molar-refractivity contribution in [2.24, 2.45) is 0 Å². The quantitative estimate of drug-likeness (QED) is 0.746. The van der Waals surface area contributed by atoms with E-state index in [-0.39, 0.29) is 11.3 Å². The van der Waals surface area contributed by atoms with E-state index in [0.29, 0.717) is 0 Å². The van der Waals surface area contributed by atoms with Gasteiger partial charge in [-0.05, 0) is 74.1 Å². The maximum Gasteiger partial charge on any atom is 0.146 e. The Morgan fingerprint density at radius 3 is 1.65 bits per heavy atom. The molecule has 0 aromatic heterocycles. The number of rotatable bonds is 1. The topological polar surface area (TPSA) is 26.0 Å². The Morgan fingerprint density at radius 1 is 0.700 bits per heavy atom. The normalized spacial score (nSPS) is 10.9. The molecular formula is C17H19F2N. The Balaban J connectivity index is 2.87. The van der Waals surface area contributed by atoms with E-state index in [2.05, 4.69) is 0 Å². The van der Waals surface area contributed by atoms with Gasteiger partial charge >= 0.3 is 0 Å². The lowest BCUT2D eigenvalue weighted by molar-refractivity contribution is 0.607. The van der Waals surface area contributed by atoms with Crippen LogP contribution in [0.25, 0.3) is 11.1 Å². The van der Waals surface area contributed by atoms with Crippen LogP contribution in [-0.4, -0.2) is 0 Å². The van der Waals surface area contributed by atoms with Crippen LogP contribution in [0.2, 0.25) is 0 Å². The highest BCUT2D eigenvalue weighted by molar-refractivity contribution is 5.76. The molecule has 0 heterocycles. The molecule has 0 saturated heterocycles. The highest BCUT2D eigenvalue weighted by Gasteiger charge is 2.18. The first-order chi connectivity index (χ1) is 9.25. The summed E-state index contributed by atoms with van der Waals surface area (Å²) >= 11 is 0. The van der Waals surface area contributed by atoms with Gasteiger partial charge in [0.25, 0.3) is 0 Å². The van der Waals surface area contributed by atoms with E-state index in [1.807, 2.05) is 34.6 Å². The van der Waals surface area contributed by atoms with Crippen LogP contribution in [0.3, 0.4) is 0 Å². The average molecular weight is 275 g/mol. The number of nitrogens with two attached hydrogens (primary N) is 1. The summed E-state index contributed by atoms with van der Waals surface area (Å²) in [6.45, 7) is 9.95. The van der Waals surface area contributed by atoms with Crippen LogP contribution in [0.5, 0.6) is 0 Å². The van der Waals surface area contributed by atoms with E-state index in [0.717, 1.165) is 33.9 Å². The van der Waals surface area contributed by atoms with E-state index in [9.17, 15) is 8.78 Å². The Labute approximate surface area is 118 Å². The predicted octanol–water partition coefficient (Wildman–Crippen LogP) is 4.76. The first kappa shape index (κ1) is 14.5. The zero-order chi connectivity index (χ0) is 15.2. The third-order valence-corrected chi connectivity index (χ3v) is 4.36. The molecule has 0 unspecified atom stereocenters. The fraction of sp³-hybridized carbons (Fsp3) is 0.294. The molecule has 0 aliphatic carbocycles. The molecular weight excluding hydrogens is 256 g/mol. The highest BCUT2D eigenvalue weighted by Crippen LogP contribution is 2.36. The van der Waals surface area contributed by atoms with E-state index in [4.69, 9.17) is 5.73 Å². The minimum absolute atomic E-state index is 0.165. The summed E-state index contributed by atoms with van der Waals surface area (Å²) in [5.41, 5.74) is 11.7. The van der Waals surface area contributed by atoms with Crippen LogP contribution in [0, 0.1) is 46.3 Å². The summed E-state index contributed by atoms with van der Waals surface area (Å²) in [6.07, 6.45) is 0. The minimum atomic E-state index is -0.587. The van der Waals surface area contributed by atoms with Crippen molar-refractivity contribution < 1.29 is 8.78 Å². The largest absolute Gasteiger partial charge is 0.396 e. The van der Waals surface area contributed by atoms with Crippen LogP contribution in [0.4, 0.5) is 14.5 Å². The van der Waals surface area contributed by atoms with Gasteiger partial charge in [0.2, 0.25) is 0 Å². The van der Waals surface area contributed by atoms with Gasteiger partial charge in [0, 0.05) is 11.6 Å². The molecule has 0 aliphatic rings. The highest BCUT2D eigenvalue weighted by atomic mass is 19.1. The van der Waals surface area contributed by atoms with Gasteiger partial charge in [-0.1, -0.05) is 0 Å². The zero-order valence-electron chi connectivity index (χ0n) is 12.5. The first-order valence-corrected chi connectivity index (χ1v) is 6.57. The molecule has 2 rings (SSSR count). The molecule has 0 radical (unpaired) electrons. The van der Waals surface area contributed by atoms with Crippen LogP contribution < -0.4 is 5.73 Å². The summed E-state index contributed by atoms with van der Waals surface area (Å²) in [6, 6.07) is 2.24. The molecule has 2 aromatic carbocycles. The number of benzene rings is 2. The van der Waals surface area contributed by atoms with Crippen LogP contribution in [0.15, 0.2) is 12.1 Å². The van der Waals surface area contributed by atoms with Gasteiger partial charge < -0.3 is 5.73 Å². The lowest BCUT2D eigenvalue weighted by Gasteiger charge is -2.19. The minimum Gasteiger partial charge on any atom is -0.396 e. The summed E-state index contributed by atoms with van der Waals surface area (Å²) < 4.78 is 27.9. The second kappa shape index (κ2) is 4.89. The molecule has 106 valence electrons. The smallest absolute Gasteiger partial charge is 0.146 e. The Hall–Kier alpha value is -1.90. The standard InChI is InChI=1S/C17H19F2N/c1-8-9(2)11(4)17(12(5)10(8)3)13-6-15(19)16(20)7-14(13)18/h6-7H,20H2,1-5H3. The van der Waals surface area contributed by atoms with E-state index in [1.165, 1.54) is 11.6 Å². The number of nitrogen functional groups attached to an aromatic ring is 1. The van der Waals surface area contributed by atoms with Gasteiger partial charge in [-0.25, -0.2) is 8.78 Å². The summed E-state index contributed by atoms with van der Waals surface area (Å²) in [4.78, 5) is 0. The Bertz CT molecular complexity index is 674. The van der Waals surface area contributed by atoms with Crippen LogP contribution in [0.1, 0.15) is 27.8 Å². The monoisotopic (exact) mass is 275 g/mol. The molecule has 0 fully saturated rings. The van der Waals surface area contributed by atoms with Crippen molar-refractivity contribution in [2.45, 2.75) is 34.6 Å². The molecule has 0 aliphatic heterocycles. The average Bonchev–Trinajstić information content (AvgIpc) is 2.40. The van der Waals surface area contributed by atoms with Gasteiger partial charge in [-0.15, -0.1) is 0 Å². The van der Waals surface area contributed by atoms with Gasteiger partial charge in [-0.3, -0.25) is 0 Å². The van der Waals surface area contributed by atoms with Crippen LogP contribution in [-0.2, 0) is 0 Å². The third kappa shape index (κ3) is 2.07. The molecule has 2 N–H and O–H groups in total. The van der Waals surface area contributed by atoms with Crippen molar-refractivity contribution in [3.63, 3.8) is 0 Å².